The average molecular weight is 292 g/mol. The molecule has 0 aliphatic carbocycles. The third-order valence-corrected chi connectivity index (χ3v) is 4.02. The quantitative estimate of drug-likeness (QED) is 0.903. The highest BCUT2D eigenvalue weighted by Crippen LogP contribution is 2.25. The normalized spacial score (nSPS) is 14.2. The molecule has 1 aromatic heterocycles. The lowest BCUT2D eigenvalue weighted by atomic mass is 10.0. The van der Waals surface area contributed by atoms with Gasteiger partial charge in [-0.3, -0.25) is 4.68 Å². The largest absolute Gasteiger partial charge is 0.324 e. The summed E-state index contributed by atoms with van der Waals surface area (Å²) in [4.78, 5) is 0. The van der Waals surface area contributed by atoms with Crippen molar-refractivity contribution in [3.63, 3.8) is 0 Å². The molecule has 3 nitrogen and oxygen atoms in total. The van der Waals surface area contributed by atoms with Crippen molar-refractivity contribution in [2.75, 3.05) is 0 Å². The van der Waals surface area contributed by atoms with E-state index < -0.39 is 0 Å². The van der Waals surface area contributed by atoms with Gasteiger partial charge >= 0.3 is 0 Å². The lowest BCUT2D eigenvalue weighted by Crippen LogP contribution is -2.15. The molecule has 2 atom stereocenters. The molecule has 108 valence electrons. The monoisotopic (exact) mass is 291 g/mol. The summed E-state index contributed by atoms with van der Waals surface area (Å²) in [6, 6.07) is 8.33. The summed E-state index contributed by atoms with van der Waals surface area (Å²) in [5.74, 6) is 0. The molecule has 4 heteroatoms. The second-order valence-corrected chi connectivity index (χ2v) is 5.79. The highest BCUT2D eigenvalue weighted by molar-refractivity contribution is 6.31. The van der Waals surface area contributed by atoms with Crippen LogP contribution < -0.4 is 5.73 Å². The fraction of sp³-hybridized carbons (Fsp3) is 0.438. The van der Waals surface area contributed by atoms with Gasteiger partial charge in [0.15, 0.2) is 0 Å². The molecule has 20 heavy (non-hydrogen) atoms. The van der Waals surface area contributed by atoms with Crippen molar-refractivity contribution in [3.05, 3.63) is 52.3 Å². The molecule has 0 fully saturated rings. The van der Waals surface area contributed by atoms with Crippen molar-refractivity contribution < 1.29 is 0 Å². The Labute approximate surface area is 125 Å². The fourth-order valence-electron chi connectivity index (χ4n) is 2.19. The van der Waals surface area contributed by atoms with Gasteiger partial charge in [0.1, 0.15) is 0 Å². The van der Waals surface area contributed by atoms with Crippen molar-refractivity contribution in [2.24, 2.45) is 5.73 Å². The highest BCUT2D eigenvalue weighted by atomic mass is 35.5. The third kappa shape index (κ3) is 3.41. The Morgan fingerprint density at radius 2 is 2.10 bits per heavy atom. The maximum absolute atomic E-state index is 6.26. The third-order valence-electron chi connectivity index (χ3n) is 3.69. The number of benzene rings is 1. The number of aryl methyl sites for hydroxylation is 1. The summed E-state index contributed by atoms with van der Waals surface area (Å²) in [5.41, 5.74) is 9.40. The van der Waals surface area contributed by atoms with E-state index >= 15 is 0 Å². The first-order valence-electron chi connectivity index (χ1n) is 7.07. The minimum atomic E-state index is -0.122. The Bertz CT molecular complexity index is 577. The van der Waals surface area contributed by atoms with Crippen LogP contribution in [0.2, 0.25) is 5.02 Å². The molecular formula is C16H22ClN3. The molecular weight excluding hydrogens is 270 g/mol. The van der Waals surface area contributed by atoms with E-state index in [0.29, 0.717) is 12.5 Å². The molecule has 2 rings (SSSR count). The molecule has 0 spiro atoms. The topological polar surface area (TPSA) is 43.8 Å². The Morgan fingerprint density at radius 3 is 2.75 bits per heavy atom. The molecule has 2 unspecified atom stereocenters. The molecule has 0 radical (unpaired) electrons. The van der Waals surface area contributed by atoms with Crippen LogP contribution >= 0.6 is 11.6 Å². The van der Waals surface area contributed by atoms with E-state index in [4.69, 9.17) is 17.3 Å². The Morgan fingerprint density at radius 1 is 1.35 bits per heavy atom. The van der Waals surface area contributed by atoms with Crippen LogP contribution in [0.5, 0.6) is 0 Å². The predicted molar refractivity (Wildman–Crippen MR) is 84.1 cm³/mol. The van der Waals surface area contributed by atoms with Gasteiger partial charge in [0.25, 0.3) is 0 Å². The summed E-state index contributed by atoms with van der Waals surface area (Å²) in [5, 5.41) is 5.32. The summed E-state index contributed by atoms with van der Waals surface area (Å²) >= 11 is 6.26. The standard InChI is InChI=1S/C16H22ClN3/c1-4-12(3)20-8-7-13(19-20)10-16(18)14-6-5-11(2)9-15(14)17/h5-9,12,16H,4,10,18H2,1-3H3. The van der Waals surface area contributed by atoms with Crippen LogP contribution in [0.15, 0.2) is 30.5 Å². The van der Waals surface area contributed by atoms with Crippen LogP contribution in [-0.4, -0.2) is 9.78 Å². The van der Waals surface area contributed by atoms with Gasteiger partial charge in [0.05, 0.1) is 5.69 Å². The summed E-state index contributed by atoms with van der Waals surface area (Å²) in [7, 11) is 0. The van der Waals surface area contributed by atoms with E-state index in [9.17, 15) is 0 Å². The minimum absolute atomic E-state index is 0.122. The smallest absolute Gasteiger partial charge is 0.0643 e. The lowest BCUT2D eigenvalue weighted by Gasteiger charge is -2.13. The van der Waals surface area contributed by atoms with Crippen LogP contribution in [0.25, 0.3) is 0 Å². The van der Waals surface area contributed by atoms with Crippen molar-refractivity contribution in [1.82, 2.24) is 9.78 Å². The minimum Gasteiger partial charge on any atom is -0.324 e. The molecule has 1 aromatic carbocycles. The number of halogens is 1. The second kappa shape index (κ2) is 6.42. The number of aromatic nitrogens is 2. The number of rotatable bonds is 5. The van der Waals surface area contributed by atoms with Gasteiger partial charge in [-0.15, -0.1) is 0 Å². The van der Waals surface area contributed by atoms with E-state index in [0.717, 1.165) is 28.3 Å². The molecule has 0 saturated heterocycles. The number of nitrogens with zero attached hydrogens (tertiary/aromatic N) is 2. The first kappa shape index (κ1) is 15.1. The number of hydrogen-bond donors (Lipinski definition) is 1. The molecule has 0 aliphatic heterocycles. The Balaban J connectivity index is 2.11. The SMILES string of the molecule is CCC(C)n1ccc(CC(N)c2ccc(C)cc2Cl)n1. The van der Waals surface area contributed by atoms with E-state index in [1.54, 1.807) is 0 Å². The van der Waals surface area contributed by atoms with E-state index in [-0.39, 0.29) is 6.04 Å². The molecule has 0 aliphatic rings. The summed E-state index contributed by atoms with van der Waals surface area (Å²) in [6.07, 6.45) is 3.79. The summed E-state index contributed by atoms with van der Waals surface area (Å²) < 4.78 is 2.00. The molecule has 0 saturated carbocycles. The van der Waals surface area contributed by atoms with Gasteiger partial charge in [-0.05, 0) is 43.5 Å². The van der Waals surface area contributed by atoms with Crippen LogP contribution in [0.3, 0.4) is 0 Å². The molecule has 0 amide bonds. The number of nitrogens with two attached hydrogens (primary N) is 1. The van der Waals surface area contributed by atoms with Crippen LogP contribution in [0.1, 0.15) is 49.2 Å². The Hall–Kier alpha value is -1.32. The Kier molecular flexibility index (Phi) is 4.84. The summed E-state index contributed by atoms with van der Waals surface area (Å²) in [6.45, 7) is 6.34. The maximum atomic E-state index is 6.26. The van der Waals surface area contributed by atoms with E-state index in [1.165, 1.54) is 0 Å². The van der Waals surface area contributed by atoms with Gasteiger partial charge in [-0.25, -0.2) is 0 Å². The van der Waals surface area contributed by atoms with Gasteiger partial charge < -0.3 is 5.73 Å². The number of hydrogen-bond acceptors (Lipinski definition) is 2. The molecule has 1 heterocycles. The van der Waals surface area contributed by atoms with Gasteiger partial charge in [0.2, 0.25) is 0 Å². The van der Waals surface area contributed by atoms with Crippen LogP contribution in [0, 0.1) is 6.92 Å². The molecule has 2 N–H and O–H groups in total. The van der Waals surface area contributed by atoms with Crippen LogP contribution in [-0.2, 0) is 6.42 Å². The fourth-order valence-corrected chi connectivity index (χ4v) is 2.56. The van der Waals surface area contributed by atoms with Gasteiger partial charge in [-0.2, -0.15) is 5.10 Å². The molecule has 2 aromatic rings. The first-order chi connectivity index (χ1) is 9.51. The highest BCUT2D eigenvalue weighted by Gasteiger charge is 2.13. The zero-order chi connectivity index (χ0) is 14.7. The van der Waals surface area contributed by atoms with Crippen LogP contribution in [0.4, 0.5) is 0 Å². The average Bonchev–Trinajstić information content (AvgIpc) is 2.86. The lowest BCUT2D eigenvalue weighted by molar-refractivity contribution is 0.472. The van der Waals surface area contributed by atoms with E-state index in [2.05, 4.69) is 18.9 Å². The maximum Gasteiger partial charge on any atom is 0.0643 e. The van der Waals surface area contributed by atoms with Gasteiger partial charge in [0, 0.05) is 29.7 Å². The second-order valence-electron chi connectivity index (χ2n) is 5.38. The van der Waals surface area contributed by atoms with Crippen molar-refractivity contribution in [2.45, 2.75) is 45.7 Å². The van der Waals surface area contributed by atoms with Crippen molar-refractivity contribution >= 4 is 11.6 Å². The predicted octanol–water partition coefficient (Wildman–Crippen LogP) is 4.06. The zero-order valence-corrected chi connectivity index (χ0v) is 13.1. The van der Waals surface area contributed by atoms with E-state index in [1.807, 2.05) is 42.1 Å². The zero-order valence-electron chi connectivity index (χ0n) is 12.3. The van der Waals surface area contributed by atoms with Gasteiger partial charge in [-0.1, -0.05) is 30.7 Å². The molecule has 0 bridgehead atoms. The first-order valence-corrected chi connectivity index (χ1v) is 7.44. The van der Waals surface area contributed by atoms with Crippen molar-refractivity contribution in [1.29, 1.82) is 0 Å². The van der Waals surface area contributed by atoms with Crippen molar-refractivity contribution in [3.8, 4) is 0 Å².